The van der Waals surface area contributed by atoms with Crippen LogP contribution in [-0.4, -0.2) is 63.9 Å². The third-order valence-corrected chi connectivity index (χ3v) is 2.80. The highest BCUT2D eigenvalue weighted by molar-refractivity contribution is 5.82. The molecule has 5 nitrogen and oxygen atoms in total. The van der Waals surface area contributed by atoms with Gasteiger partial charge in [0.15, 0.2) is 0 Å². The van der Waals surface area contributed by atoms with Crippen molar-refractivity contribution in [3.8, 4) is 0 Å². The number of nitrogens with zero attached hydrogens (tertiary/aromatic N) is 1. The average molecular weight is 230 g/mol. The van der Waals surface area contributed by atoms with Crippen molar-refractivity contribution in [1.29, 1.82) is 0 Å². The minimum atomic E-state index is -0.00582. The molecule has 1 unspecified atom stereocenters. The molecule has 1 rings (SSSR count). The van der Waals surface area contributed by atoms with Crippen LogP contribution in [0.2, 0.25) is 0 Å². The fraction of sp³-hybridized carbons (Fsp3) is 0.909. The zero-order valence-electron chi connectivity index (χ0n) is 10.2. The van der Waals surface area contributed by atoms with Crippen LogP contribution in [-0.2, 0) is 14.3 Å². The van der Waals surface area contributed by atoms with E-state index in [0.717, 1.165) is 19.4 Å². The largest absolute Gasteiger partial charge is 0.383 e. The Morgan fingerprint density at radius 2 is 1.94 bits per heavy atom. The number of ether oxygens (including phenoxy) is 2. The van der Waals surface area contributed by atoms with Crippen molar-refractivity contribution in [2.45, 2.75) is 18.9 Å². The van der Waals surface area contributed by atoms with E-state index in [0.29, 0.717) is 26.3 Å². The Morgan fingerprint density at radius 1 is 1.31 bits per heavy atom. The molecule has 1 amide bonds. The van der Waals surface area contributed by atoms with E-state index in [4.69, 9.17) is 9.47 Å². The minimum Gasteiger partial charge on any atom is -0.383 e. The predicted octanol–water partition coefficient (Wildman–Crippen LogP) is -0.140. The Balaban J connectivity index is 2.41. The molecule has 1 atom stereocenters. The van der Waals surface area contributed by atoms with Crippen molar-refractivity contribution >= 4 is 5.91 Å². The summed E-state index contributed by atoms with van der Waals surface area (Å²) in [5.41, 5.74) is 0. The second-order valence-corrected chi connectivity index (χ2v) is 3.96. The van der Waals surface area contributed by atoms with Crippen molar-refractivity contribution in [3.63, 3.8) is 0 Å². The van der Waals surface area contributed by atoms with Gasteiger partial charge in [-0.1, -0.05) is 0 Å². The molecule has 16 heavy (non-hydrogen) atoms. The first kappa shape index (κ1) is 13.4. The number of carbonyl (C=O) groups excluding carboxylic acids is 1. The van der Waals surface area contributed by atoms with Crippen LogP contribution in [0.1, 0.15) is 12.8 Å². The van der Waals surface area contributed by atoms with Gasteiger partial charge in [0.1, 0.15) is 0 Å². The number of nitrogens with one attached hydrogen (secondary N) is 1. The number of rotatable bonds is 7. The molecular formula is C11H22N2O3. The van der Waals surface area contributed by atoms with Gasteiger partial charge in [-0.15, -0.1) is 0 Å². The van der Waals surface area contributed by atoms with E-state index >= 15 is 0 Å². The highest BCUT2D eigenvalue weighted by atomic mass is 16.5. The molecule has 1 N–H and O–H groups in total. The van der Waals surface area contributed by atoms with Gasteiger partial charge in [0.05, 0.1) is 19.3 Å². The monoisotopic (exact) mass is 230 g/mol. The van der Waals surface area contributed by atoms with E-state index in [9.17, 15) is 4.79 Å². The standard InChI is InChI=1S/C11H22N2O3/c1-15-8-6-13(7-9-16-2)11(14)10-4-3-5-12-10/h10,12H,3-9H2,1-2H3. The Kier molecular flexibility index (Phi) is 6.37. The van der Waals surface area contributed by atoms with Crippen LogP contribution < -0.4 is 5.32 Å². The third-order valence-electron chi connectivity index (χ3n) is 2.80. The maximum absolute atomic E-state index is 12.1. The van der Waals surface area contributed by atoms with Crippen molar-refractivity contribution < 1.29 is 14.3 Å². The molecule has 0 aromatic carbocycles. The molecule has 1 heterocycles. The van der Waals surface area contributed by atoms with Gasteiger partial charge < -0.3 is 19.7 Å². The summed E-state index contributed by atoms with van der Waals surface area (Å²) in [4.78, 5) is 13.9. The third kappa shape index (κ3) is 4.08. The zero-order chi connectivity index (χ0) is 11.8. The minimum absolute atomic E-state index is 0.00582. The first-order valence-electron chi connectivity index (χ1n) is 5.79. The molecule has 0 radical (unpaired) electrons. The summed E-state index contributed by atoms with van der Waals surface area (Å²) in [7, 11) is 3.29. The first-order valence-corrected chi connectivity index (χ1v) is 5.79. The Hall–Kier alpha value is -0.650. The van der Waals surface area contributed by atoms with Gasteiger partial charge in [0.2, 0.25) is 5.91 Å². The van der Waals surface area contributed by atoms with Crippen molar-refractivity contribution in [1.82, 2.24) is 10.2 Å². The molecule has 1 aliphatic rings. The van der Waals surface area contributed by atoms with Gasteiger partial charge in [-0.25, -0.2) is 0 Å². The number of amides is 1. The van der Waals surface area contributed by atoms with E-state index in [1.165, 1.54) is 0 Å². The van der Waals surface area contributed by atoms with Gasteiger partial charge in [-0.2, -0.15) is 0 Å². The molecule has 0 spiro atoms. The molecule has 0 saturated carbocycles. The maximum atomic E-state index is 12.1. The Morgan fingerprint density at radius 3 is 2.38 bits per heavy atom. The molecule has 0 aromatic heterocycles. The van der Waals surface area contributed by atoms with Gasteiger partial charge in [-0.3, -0.25) is 4.79 Å². The molecule has 0 aliphatic carbocycles. The lowest BCUT2D eigenvalue weighted by Gasteiger charge is -2.25. The molecule has 1 fully saturated rings. The van der Waals surface area contributed by atoms with E-state index < -0.39 is 0 Å². The van der Waals surface area contributed by atoms with Crippen molar-refractivity contribution in [2.24, 2.45) is 0 Å². The fourth-order valence-electron chi connectivity index (χ4n) is 1.85. The number of hydrogen-bond acceptors (Lipinski definition) is 4. The van der Waals surface area contributed by atoms with Gasteiger partial charge in [0.25, 0.3) is 0 Å². The lowest BCUT2D eigenvalue weighted by Crippen LogP contribution is -2.46. The number of carbonyl (C=O) groups is 1. The lowest BCUT2D eigenvalue weighted by molar-refractivity contribution is -0.134. The summed E-state index contributed by atoms with van der Waals surface area (Å²) in [5, 5.41) is 3.22. The maximum Gasteiger partial charge on any atom is 0.239 e. The fourth-order valence-corrected chi connectivity index (χ4v) is 1.85. The summed E-state index contributed by atoms with van der Waals surface area (Å²) in [5.74, 6) is 0.173. The summed E-state index contributed by atoms with van der Waals surface area (Å²) in [6, 6.07) is -0.00582. The number of hydrogen-bond donors (Lipinski definition) is 1. The van der Waals surface area contributed by atoms with Crippen LogP contribution >= 0.6 is 0 Å². The molecule has 94 valence electrons. The smallest absolute Gasteiger partial charge is 0.239 e. The van der Waals surface area contributed by atoms with E-state index in [2.05, 4.69) is 5.32 Å². The lowest BCUT2D eigenvalue weighted by atomic mass is 10.2. The normalized spacial score (nSPS) is 20.0. The van der Waals surface area contributed by atoms with Crippen molar-refractivity contribution in [2.75, 3.05) is 47.1 Å². The van der Waals surface area contributed by atoms with Crippen LogP contribution in [0.4, 0.5) is 0 Å². The molecule has 1 saturated heterocycles. The topological polar surface area (TPSA) is 50.8 Å². The van der Waals surface area contributed by atoms with Gasteiger partial charge in [0, 0.05) is 27.3 Å². The summed E-state index contributed by atoms with van der Waals surface area (Å²) >= 11 is 0. The first-order chi connectivity index (χ1) is 7.79. The molecule has 0 bridgehead atoms. The Labute approximate surface area is 97.1 Å². The van der Waals surface area contributed by atoms with Crippen LogP contribution in [0.5, 0.6) is 0 Å². The van der Waals surface area contributed by atoms with Gasteiger partial charge >= 0.3 is 0 Å². The second-order valence-electron chi connectivity index (χ2n) is 3.96. The molecular weight excluding hydrogens is 208 g/mol. The van der Waals surface area contributed by atoms with E-state index in [-0.39, 0.29) is 11.9 Å². The quantitative estimate of drug-likeness (QED) is 0.661. The van der Waals surface area contributed by atoms with Crippen molar-refractivity contribution in [3.05, 3.63) is 0 Å². The summed E-state index contributed by atoms with van der Waals surface area (Å²) in [6.07, 6.45) is 2.02. The Bertz CT molecular complexity index is 197. The molecule has 5 heteroatoms. The SMILES string of the molecule is COCCN(CCOC)C(=O)C1CCCN1. The molecule has 1 aliphatic heterocycles. The number of methoxy groups -OCH3 is 2. The highest BCUT2D eigenvalue weighted by Crippen LogP contribution is 2.08. The van der Waals surface area contributed by atoms with Crippen LogP contribution in [0.25, 0.3) is 0 Å². The zero-order valence-corrected chi connectivity index (χ0v) is 10.2. The van der Waals surface area contributed by atoms with E-state index in [1.807, 2.05) is 4.90 Å². The highest BCUT2D eigenvalue weighted by Gasteiger charge is 2.26. The van der Waals surface area contributed by atoms with E-state index in [1.54, 1.807) is 14.2 Å². The van der Waals surface area contributed by atoms with Crippen LogP contribution in [0.3, 0.4) is 0 Å². The predicted molar refractivity (Wildman–Crippen MR) is 61.4 cm³/mol. The van der Waals surface area contributed by atoms with Crippen LogP contribution in [0, 0.1) is 0 Å². The second kappa shape index (κ2) is 7.60. The van der Waals surface area contributed by atoms with Crippen LogP contribution in [0.15, 0.2) is 0 Å². The molecule has 0 aromatic rings. The van der Waals surface area contributed by atoms with Gasteiger partial charge in [-0.05, 0) is 19.4 Å². The average Bonchev–Trinajstić information content (AvgIpc) is 2.82. The summed E-state index contributed by atoms with van der Waals surface area (Å²) in [6.45, 7) is 3.36. The summed E-state index contributed by atoms with van der Waals surface area (Å²) < 4.78 is 10.0.